The summed E-state index contributed by atoms with van der Waals surface area (Å²) >= 11 is -3.10. The molecule has 0 saturated heterocycles. The van der Waals surface area contributed by atoms with Crippen LogP contribution in [0.25, 0.3) is 0 Å². The Kier molecular flexibility index (Phi) is 2.90. The summed E-state index contributed by atoms with van der Waals surface area (Å²) < 4.78 is 24.6. The molecule has 0 saturated carbocycles. The van der Waals surface area contributed by atoms with E-state index in [1.54, 1.807) is 0 Å². The van der Waals surface area contributed by atoms with Crippen LogP contribution in [-0.2, 0) is 15.6 Å². The minimum Gasteiger partial charge on any atom is -0.748 e. The fourth-order valence-electron chi connectivity index (χ4n) is 1.45. The second-order valence-electron chi connectivity index (χ2n) is 3.17. The number of fused-ring (bicyclic) bond motifs is 1. The van der Waals surface area contributed by atoms with Gasteiger partial charge in [0.15, 0.2) is 0 Å². The number of hydroxylamine groups is 2. The average Bonchev–Trinajstić information content (AvgIpc) is 2.53. The number of hydrogen-bond donors (Lipinski definition) is 0. The number of rotatable bonds is 3. The number of hydrogen-bond acceptors (Lipinski definition) is 7. The van der Waals surface area contributed by atoms with Gasteiger partial charge in [-0.2, -0.15) is 4.28 Å². The molecule has 9 nitrogen and oxygen atoms in total. The van der Waals surface area contributed by atoms with Gasteiger partial charge in [0.25, 0.3) is 17.5 Å². The van der Waals surface area contributed by atoms with Crippen LogP contribution >= 0.6 is 0 Å². The molecule has 2 rings (SSSR count). The quantitative estimate of drug-likeness (QED) is 0.325. The Morgan fingerprint density at radius 1 is 1.22 bits per heavy atom. The zero-order valence-electron chi connectivity index (χ0n) is 8.39. The maximum Gasteiger partial charge on any atom is 0.287 e. The topological polar surface area (TPSA) is 130 Å². The van der Waals surface area contributed by atoms with E-state index in [0.717, 1.165) is 18.2 Å². The molecule has 10 heteroatoms. The molecule has 0 fully saturated rings. The van der Waals surface area contributed by atoms with E-state index >= 15 is 0 Å². The highest BCUT2D eigenvalue weighted by molar-refractivity contribution is 7.74. The summed E-state index contributed by atoms with van der Waals surface area (Å²) in [5, 5.41) is 10.5. The monoisotopic (exact) mass is 271 g/mol. The van der Waals surface area contributed by atoms with Crippen LogP contribution in [0.4, 0.5) is 5.69 Å². The lowest BCUT2D eigenvalue weighted by Crippen LogP contribution is -2.30. The summed E-state index contributed by atoms with van der Waals surface area (Å²) in [4.78, 5) is 32.9. The van der Waals surface area contributed by atoms with E-state index in [1.807, 2.05) is 0 Å². The van der Waals surface area contributed by atoms with Gasteiger partial charge in [0.2, 0.25) is 0 Å². The Bertz CT molecular complexity index is 599. The van der Waals surface area contributed by atoms with Crippen LogP contribution in [0.2, 0.25) is 0 Å². The Morgan fingerprint density at radius 2 is 1.83 bits per heavy atom. The van der Waals surface area contributed by atoms with Crippen LogP contribution in [0.3, 0.4) is 0 Å². The van der Waals surface area contributed by atoms with Gasteiger partial charge in [-0.3, -0.25) is 19.7 Å². The first-order chi connectivity index (χ1) is 8.41. The Balaban J connectivity index is 2.45. The van der Waals surface area contributed by atoms with E-state index in [4.69, 9.17) is 0 Å². The molecule has 0 spiro atoms. The number of imide groups is 1. The molecule has 0 N–H and O–H groups in total. The summed E-state index contributed by atoms with van der Waals surface area (Å²) in [5.74, 6) is -2.06. The van der Waals surface area contributed by atoms with Gasteiger partial charge >= 0.3 is 0 Å². The third kappa shape index (κ3) is 1.88. The maximum atomic E-state index is 11.6. The normalized spacial score (nSPS) is 15.7. The van der Waals surface area contributed by atoms with E-state index in [-0.39, 0.29) is 21.9 Å². The number of carbonyl (C=O) groups excluding carboxylic acids is 2. The zero-order chi connectivity index (χ0) is 13.4. The van der Waals surface area contributed by atoms with Crippen molar-refractivity contribution in [1.82, 2.24) is 5.06 Å². The lowest BCUT2D eigenvalue weighted by atomic mass is 10.1. The van der Waals surface area contributed by atoms with E-state index in [2.05, 4.69) is 4.28 Å². The highest BCUT2D eigenvalue weighted by Crippen LogP contribution is 2.27. The summed E-state index contributed by atoms with van der Waals surface area (Å²) in [6.45, 7) is 0. The molecule has 0 bridgehead atoms. The van der Waals surface area contributed by atoms with Gasteiger partial charge in [0.1, 0.15) is 11.4 Å². The predicted molar refractivity (Wildman–Crippen MR) is 53.6 cm³/mol. The first kappa shape index (κ1) is 12.3. The third-order valence-corrected chi connectivity index (χ3v) is 2.45. The van der Waals surface area contributed by atoms with E-state index < -0.39 is 28.1 Å². The lowest BCUT2D eigenvalue weighted by Gasteiger charge is -2.13. The first-order valence-corrected chi connectivity index (χ1v) is 5.36. The summed E-state index contributed by atoms with van der Waals surface area (Å²) in [6.07, 6.45) is 0. The maximum absolute atomic E-state index is 11.6. The summed E-state index contributed by atoms with van der Waals surface area (Å²) in [7, 11) is 0. The molecular weight excluding hydrogens is 268 g/mol. The molecule has 1 atom stereocenters. The fraction of sp³-hybridized carbons (Fsp3) is 0. The number of benzene rings is 1. The van der Waals surface area contributed by atoms with Gasteiger partial charge in [-0.15, -0.1) is 5.06 Å². The van der Waals surface area contributed by atoms with Crippen molar-refractivity contribution in [2.75, 3.05) is 0 Å². The minimum absolute atomic E-state index is 0.0253. The minimum atomic E-state index is -3.10. The highest BCUT2D eigenvalue weighted by atomic mass is 32.2. The molecule has 1 unspecified atom stereocenters. The first-order valence-electron chi connectivity index (χ1n) is 4.36. The van der Waals surface area contributed by atoms with Crippen molar-refractivity contribution < 1.29 is 27.6 Å². The van der Waals surface area contributed by atoms with E-state index in [1.165, 1.54) is 0 Å². The van der Waals surface area contributed by atoms with Crippen molar-refractivity contribution in [1.29, 1.82) is 0 Å². The molecule has 18 heavy (non-hydrogen) atoms. The van der Waals surface area contributed by atoms with Crippen molar-refractivity contribution in [3.63, 3.8) is 0 Å². The van der Waals surface area contributed by atoms with Gasteiger partial charge in [-0.25, -0.2) is 4.21 Å². The van der Waals surface area contributed by atoms with Crippen molar-refractivity contribution in [2.24, 2.45) is 0 Å². The number of non-ortho nitro benzene ring substituents is 1. The summed E-state index contributed by atoms with van der Waals surface area (Å²) in [6, 6.07) is 2.97. The van der Waals surface area contributed by atoms with Gasteiger partial charge in [0, 0.05) is 12.1 Å². The molecule has 2 amide bonds. The predicted octanol–water partition coefficient (Wildman–Crippen LogP) is -0.0835. The van der Waals surface area contributed by atoms with E-state index in [9.17, 15) is 28.5 Å². The van der Waals surface area contributed by atoms with Gasteiger partial charge in [-0.1, -0.05) is 0 Å². The number of nitrogens with zero attached hydrogens (tertiary/aromatic N) is 2. The van der Waals surface area contributed by atoms with Crippen LogP contribution < -0.4 is 0 Å². The number of carbonyl (C=O) groups is 2. The average molecular weight is 271 g/mol. The van der Waals surface area contributed by atoms with Crippen molar-refractivity contribution in [3.8, 4) is 0 Å². The molecule has 1 heterocycles. The number of amides is 2. The zero-order valence-corrected chi connectivity index (χ0v) is 9.21. The van der Waals surface area contributed by atoms with Crippen LogP contribution in [0, 0.1) is 10.1 Å². The van der Waals surface area contributed by atoms with Gasteiger partial charge in [-0.05, 0) is 6.07 Å². The number of nitro benzene ring substituents is 1. The SMILES string of the molecule is O=C1c2ccc([N+](=O)[O-])cc2C(=O)N1OS(=O)[O-]. The van der Waals surface area contributed by atoms with Crippen LogP contribution in [-0.4, -0.2) is 30.6 Å². The Morgan fingerprint density at radius 3 is 2.39 bits per heavy atom. The Hall–Kier alpha value is -2.17. The molecule has 94 valence electrons. The molecule has 1 aliphatic heterocycles. The van der Waals surface area contributed by atoms with Crippen LogP contribution in [0.5, 0.6) is 0 Å². The molecule has 0 aliphatic carbocycles. The van der Waals surface area contributed by atoms with Crippen LogP contribution in [0.1, 0.15) is 20.7 Å². The third-order valence-electron chi connectivity index (χ3n) is 2.18. The second kappa shape index (κ2) is 4.25. The van der Waals surface area contributed by atoms with Gasteiger partial charge < -0.3 is 4.55 Å². The van der Waals surface area contributed by atoms with Crippen molar-refractivity contribution in [2.45, 2.75) is 0 Å². The highest BCUT2D eigenvalue weighted by Gasteiger charge is 2.38. The summed E-state index contributed by atoms with van der Waals surface area (Å²) in [5.41, 5.74) is -0.823. The van der Waals surface area contributed by atoms with Gasteiger partial charge in [0.05, 0.1) is 16.1 Å². The molecule has 1 aromatic rings. The molecule has 1 aromatic carbocycles. The van der Waals surface area contributed by atoms with Crippen molar-refractivity contribution >= 4 is 28.9 Å². The second-order valence-corrected chi connectivity index (χ2v) is 3.73. The molecule has 0 aromatic heterocycles. The molecule has 0 radical (unpaired) electrons. The molecule has 1 aliphatic rings. The number of nitro groups is 1. The smallest absolute Gasteiger partial charge is 0.287 e. The van der Waals surface area contributed by atoms with E-state index in [0.29, 0.717) is 0 Å². The fourth-order valence-corrected chi connectivity index (χ4v) is 1.71. The standard InChI is InChI=1S/C8H4N2O7S/c11-7-5-2-1-4(10(13)14)3-6(5)8(12)9(7)17-18(15)16/h1-3H,(H,15,16)/p-1. The Labute approximate surface area is 102 Å². The van der Waals surface area contributed by atoms with Crippen molar-refractivity contribution in [3.05, 3.63) is 39.4 Å². The largest absolute Gasteiger partial charge is 0.748 e. The lowest BCUT2D eigenvalue weighted by molar-refractivity contribution is -0.384. The van der Waals surface area contributed by atoms with Crippen LogP contribution in [0.15, 0.2) is 18.2 Å². The molecular formula is C8H3N2O7S-.